The minimum atomic E-state index is -2.63. The molecule has 3 rings (SSSR count). The summed E-state index contributed by atoms with van der Waals surface area (Å²) in [4.78, 5) is 10.1. The maximum atomic E-state index is 12.9. The molecule has 0 radical (unpaired) electrons. The van der Waals surface area contributed by atoms with E-state index in [1.807, 2.05) is 0 Å². The van der Waals surface area contributed by atoms with Crippen molar-refractivity contribution < 1.29 is 22.8 Å². The molecule has 0 saturated heterocycles. The summed E-state index contributed by atoms with van der Waals surface area (Å²) < 4.78 is 42.3. The molecule has 2 heterocycles. The van der Waals surface area contributed by atoms with Gasteiger partial charge < -0.3 is 14.0 Å². The van der Waals surface area contributed by atoms with Crippen molar-refractivity contribution in [3.63, 3.8) is 0 Å². The molecule has 0 saturated carbocycles. The summed E-state index contributed by atoms with van der Waals surface area (Å²) in [6.07, 6.45) is 2.59. The van der Waals surface area contributed by atoms with Gasteiger partial charge >= 0.3 is 6.55 Å². The van der Waals surface area contributed by atoms with Gasteiger partial charge in [-0.1, -0.05) is 5.16 Å². The fourth-order valence-electron chi connectivity index (χ4n) is 2.58. The SMILES string of the molecule is COc1ccc(-c2noc(CN(C)Cc3nccn3C(F)F)n2)cc1OC. The summed E-state index contributed by atoms with van der Waals surface area (Å²) in [6.45, 7) is -2.13. The number of alkyl halides is 2. The van der Waals surface area contributed by atoms with Gasteiger partial charge in [0.05, 0.1) is 27.3 Å². The topological polar surface area (TPSA) is 78.4 Å². The van der Waals surface area contributed by atoms with Crippen LogP contribution >= 0.6 is 0 Å². The van der Waals surface area contributed by atoms with Crippen molar-refractivity contribution >= 4 is 0 Å². The molecule has 3 aromatic rings. The second kappa shape index (κ2) is 8.12. The average Bonchev–Trinajstić information content (AvgIpc) is 3.30. The second-order valence-electron chi connectivity index (χ2n) is 5.78. The third-order valence-electron chi connectivity index (χ3n) is 3.89. The molecule has 1 aromatic carbocycles. The molecule has 8 nitrogen and oxygen atoms in total. The van der Waals surface area contributed by atoms with Gasteiger partial charge in [0.2, 0.25) is 11.7 Å². The Bertz CT molecular complexity index is 896. The first-order valence-corrected chi connectivity index (χ1v) is 8.05. The normalized spacial score (nSPS) is 11.4. The Morgan fingerprint density at radius 2 is 1.96 bits per heavy atom. The number of benzene rings is 1. The maximum absolute atomic E-state index is 12.9. The van der Waals surface area contributed by atoms with E-state index in [-0.39, 0.29) is 18.9 Å². The molecule has 0 aliphatic carbocycles. The summed E-state index contributed by atoms with van der Waals surface area (Å²) >= 11 is 0. The number of halogens is 2. The molecule has 0 bridgehead atoms. The van der Waals surface area contributed by atoms with E-state index in [9.17, 15) is 8.78 Å². The first-order valence-electron chi connectivity index (χ1n) is 8.05. The van der Waals surface area contributed by atoms with Gasteiger partial charge in [0.15, 0.2) is 11.5 Å². The number of nitrogens with zero attached hydrogens (tertiary/aromatic N) is 5. The summed E-state index contributed by atoms with van der Waals surface area (Å²) in [5.74, 6) is 2.16. The second-order valence-corrected chi connectivity index (χ2v) is 5.78. The quantitative estimate of drug-likeness (QED) is 0.595. The van der Waals surface area contributed by atoms with E-state index in [1.54, 1.807) is 44.4 Å². The predicted molar refractivity (Wildman–Crippen MR) is 91.5 cm³/mol. The number of imidazole rings is 1. The molecule has 0 N–H and O–H groups in total. The van der Waals surface area contributed by atoms with Crippen molar-refractivity contribution in [3.05, 3.63) is 42.3 Å². The Kier molecular flexibility index (Phi) is 5.65. The van der Waals surface area contributed by atoms with Crippen LogP contribution in [0.1, 0.15) is 18.3 Å². The molecular weight excluding hydrogens is 360 g/mol. The third kappa shape index (κ3) is 4.22. The van der Waals surface area contributed by atoms with E-state index >= 15 is 0 Å². The minimum Gasteiger partial charge on any atom is -0.493 e. The number of hydrogen-bond acceptors (Lipinski definition) is 7. The van der Waals surface area contributed by atoms with Gasteiger partial charge in [-0.2, -0.15) is 13.8 Å². The van der Waals surface area contributed by atoms with Gasteiger partial charge in [-0.3, -0.25) is 9.47 Å². The lowest BCUT2D eigenvalue weighted by Gasteiger charge is -2.14. The van der Waals surface area contributed by atoms with Crippen molar-refractivity contribution in [1.29, 1.82) is 0 Å². The molecule has 144 valence electrons. The third-order valence-corrected chi connectivity index (χ3v) is 3.89. The van der Waals surface area contributed by atoms with Crippen molar-refractivity contribution in [2.45, 2.75) is 19.6 Å². The van der Waals surface area contributed by atoms with Gasteiger partial charge in [-0.25, -0.2) is 4.98 Å². The lowest BCUT2D eigenvalue weighted by atomic mass is 10.2. The number of ether oxygens (including phenoxy) is 2. The van der Waals surface area contributed by atoms with Crippen molar-refractivity contribution in [1.82, 2.24) is 24.6 Å². The van der Waals surface area contributed by atoms with Crippen LogP contribution in [-0.4, -0.2) is 45.9 Å². The van der Waals surface area contributed by atoms with Crippen LogP contribution in [0.5, 0.6) is 11.5 Å². The largest absolute Gasteiger partial charge is 0.493 e. The Morgan fingerprint density at radius 3 is 2.67 bits per heavy atom. The monoisotopic (exact) mass is 379 g/mol. The number of aromatic nitrogens is 4. The van der Waals surface area contributed by atoms with Gasteiger partial charge in [-0.15, -0.1) is 0 Å². The maximum Gasteiger partial charge on any atom is 0.319 e. The molecule has 0 aliphatic rings. The Morgan fingerprint density at radius 1 is 1.19 bits per heavy atom. The van der Waals surface area contributed by atoms with E-state index in [2.05, 4.69) is 15.1 Å². The van der Waals surface area contributed by atoms with Gasteiger partial charge in [-0.05, 0) is 25.2 Å². The van der Waals surface area contributed by atoms with Crippen LogP contribution in [-0.2, 0) is 13.1 Å². The van der Waals surface area contributed by atoms with Gasteiger partial charge in [0, 0.05) is 18.0 Å². The molecular formula is C17H19F2N5O3. The van der Waals surface area contributed by atoms with E-state index in [4.69, 9.17) is 14.0 Å². The molecule has 0 fully saturated rings. The number of rotatable bonds is 8. The zero-order chi connectivity index (χ0) is 19.4. The fraction of sp³-hybridized carbons (Fsp3) is 0.353. The van der Waals surface area contributed by atoms with Crippen molar-refractivity contribution in [2.24, 2.45) is 0 Å². The van der Waals surface area contributed by atoms with E-state index in [1.165, 1.54) is 12.4 Å². The van der Waals surface area contributed by atoms with Gasteiger partial charge in [0.25, 0.3) is 0 Å². The van der Waals surface area contributed by atoms with Crippen LogP contribution < -0.4 is 9.47 Å². The first-order chi connectivity index (χ1) is 13.0. The Labute approximate surface area is 154 Å². The highest BCUT2D eigenvalue weighted by Gasteiger charge is 2.16. The standard InChI is InChI=1S/C17H19F2N5O3/c1-23(9-14-20-6-7-24(14)17(18)19)10-15-21-16(22-27-15)11-4-5-12(25-2)13(8-11)26-3/h4-8,17H,9-10H2,1-3H3. The van der Waals surface area contributed by atoms with Crippen LogP contribution in [0, 0.1) is 0 Å². The van der Waals surface area contributed by atoms with E-state index in [0.717, 1.165) is 4.57 Å². The molecule has 0 unspecified atom stereocenters. The zero-order valence-corrected chi connectivity index (χ0v) is 15.1. The first kappa shape index (κ1) is 18.8. The van der Waals surface area contributed by atoms with E-state index in [0.29, 0.717) is 28.8 Å². The average molecular weight is 379 g/mol. The Balaban J connectivity index is 1.70. The van der Waals surface area contributed by atoms with E-state index < -0.39 is 6.55 Å². The summed E-state index contributed by atoms with van der Waals surface area (Å²) in [7, 11) is 4.85. The fourth-order valence-corrected chi connectivity index (χ4v) is 2.58. The van der Waals surface area contributed by atoms with Crippen LogP contribution in [0.2, 0.25) is 0 Å². The smallest absolute Gasteiger partial charge is 0.319 e. The molecule has 2 aromatic heterocycles. The van der Waals surface area contributed by atoms with Gasteiger partial charge in [0.1, 0.15) is 5.82 Å². The molecule has 0 aliphatic heterocycles. The predicted octanol–water partition coefficient (Wildman–Crippen LogP) is 2.98. The highest BCUT2D eigenvalue weighted by molar-refractivity contribution is 5.60. The summed E-state index contributed by atoms with van der Waals surface area (Å²) in [6, 6.07) is 5.29. The lowest BCUT2D eigenvalue weighted by molar-refractivity contribution is 0.0642. The molecule has 0 amide bonds. The molecule has 0 atom stereocenters. The van der Waals surface area contributed by atoms with Crippen LogP contribution in [0.25, 0.3) is 11.4 Å². The highest BCUT2D eigenvalue weighted by atomic mass is 19.3. The summed E-state index contributed by atoms with van der Waals surface area (Å²) in [5.41, 5.74) is 0.707. The van der Waals surface area contributed by atoms with Crippen LogP contribution in [0.15, 0.2) is 35.1 Å². The Hall–Kier alpha value is -3.01. The van der Waals surface area contributed by atoms with Crippen molar-refractivity contribution in [3.8, 4) is 22.9 Å². The van der Waals surface area contributed by atoms with Crippen LogP contribution in [0.4, 0.5) is 8.78 Å². The number of methoxy groups -OCH3 is 2. The summed E-state index contributed by atoms with van der Waals surface area (Å²) in [5, 5.41) is 3.96. The zero-order valence-electron chi connectivity index (χ0n) is 15.1. The highest BCUT2D eigenvalue weighted by Crippen LogP contribution is 2.31. The molecule has 27 heavy (non-hydrogen) atoms. The molecule has 0 spiro atoms. The number of hydrogen-bond donors (Lipinski definition) is 0. The van der Waals surface area contributed by atoms with Crippen molar-refractivity contribution in [2.75, 3.05) is 21.3 Å². The minimum absolute atomic E-state index is 0.214. The van der Waals surface area contributed by atoms with Crippen LogP contribution in [0.3, 0.4) is 0 Å². The lowest BCUT2D eigenvalue weighted by Crippen LogP contribution is -2.20. The molecule has 10 heteroatoms.